The van der Waals surface area contributed by atoms with Crippen LogP contribution >= 0.6 is 0 Å². The van der Waals surface area contributed by atoms with Crippen molar-refractivity contribution >= 4 is 15.7 Å². The Morgan fingerprint density at radius 1 is 1.19 bits per heavy atom. The summed E-state index contributed by atoms with van der Waals surface area (Å²) in [6.45, 7) is 4.61. The van der Waals surface area contributed by atoms with Crippen molar-refractivity contribution in [2.24, 2.45) is 0 Å². The fourth-order valence-electron chi connectivity index (χ4n) is 1.71. The lowest BCUT2D eigenvalue weighted by molar-refractivity contribution is 0.122. The van der Waals surface area contributed by atoms with Gasteiger partial charge in [0.25, 0.3) is 0 Å². The van der Waals surface area contributed by atoms with Gasteiger partial charge in [0, 0.05) is 19.6 Å². The normalized spacial score (nSPS) is 11.8. The van der Waals surface area contributed by atoms with E-state index in [1.54, 1.807) is 24.3 Å². The Hall–Kier alpha value is -1.15. The largest absolute Gasteiger partial charge is 0.384 e. The summed E-state index contributed by atoms with van der Waals surface area (Å²) in [5, 5.41) is 3.05. The Balaban J connectivity index is 2.50. The van der Waals surface area contributed by atoms with E-state index in [9.17, 15) is 8.42 Å². The van der Waals surface area contributed by atoms with Crippen molar-refractivity contribution in [2.45, 2.75) is 11.8 Å². The van der Waals surface area contributed by atoms with Crippen LogP contribution in [0.15, 0.2) is 29.2 Å². The molecule has 7 heteroatoms. The second-order valence-electron chi connectivity index (χ2n) is 4.84. The maximum absolute atomic E-state index is 12.3. The molecule has 0 aliphatic carbocycles. The molecule has 0 saturated carbocycles. The van der Waals surface area contributed by atoms with E-state index in [0.717, 1.165) is 6.54 Å². The molecule has 21 heavy (non-hydrogen) atoms. The lowest BCUT2D eigenvalue weighted by Gasteiger charge is -2.13. The molecule has 0 bridgehead atoms. The third-order valence-corrected chi connectivity index (χ3v) is 4.28. The van der Waals surface area contributed by atoms with E-state index in [4.69, 9.17) is 4.74 Å². The highest BCUT2D eigenvalue weighted by Gasteiger charge is 2.17. The molecular weight excluding hydrogens is 290 g/mol. The lowest BCUT2D eigenvalue weighted by atomic mass is 10.3. The van der Waals surface area contributed by atoms with Gasteiger partial charge in [0.15, 0.2) is 0 Å². The van der Waals surface area contributed by atoms with E-state index >= 15 is 0 Å². The number of rotatable bonds is 10. The summed E-state index contributed by atoms with van der Waals surface area (Å²) >= 11 is 0. The first kappa shape index (κ1) is 17.9. The summed E-state index contributed by atoms with van der Waals surface area (Å²) in [6, 6.07) is 6.86. The molecule has 0 aliphatic rings. The van der Waals surface area contributed by atoms with Crippen LogP contribution in [0.1, 0.15) is 6.92 Å². The molecule has 2 N–H and O–H groups in total. The number of nitrogens with zero attached hydrogens (tertiary/aromatic N) is 1. The molecule has 0 fully saturated rings. The summed E-state index contributed by atoms with van der Waals surface area (Å²) in [5.74, 6) is 0. The fourth-order valence-corrected chi connectivity index (χ4v) is 2.91. The summed E-state index contributed by atoms with van der Waals surface area (Å²) < 4.78 is 32.4. The molecule has 1 aromatic carbocycles. The summed E-state index contributed by atoms with van der Waals surface area (Å²) in [7, 11) is 0.405. The monoisotopic (exact) mass is 315 g/mol. The molecule has 0 aliphatic heterocycles. The Morgan fingerprint density at radius 3 is 2.57 bits per heavy atom. The maximum Gasteiger partial charge on any atom is 0.242 e. The standard InChI is InChI=1S/C14H25N3O3S/c1-4-15-13-7-5-6-8-14(13)21(18,19)16-9-11-20-12-10-17(2)3/h5-8,15-16H,4,9-12H2,1-3H3. The summed E-state index contributed by atoms with van der Waals surface area (Å²) in [5.41, 5.74) is 0.612. The van der Waals surface area contributed by atoms with Crippen LogP contribution in [0.4, 0.5) is 5.69 Å². The fraction of sp³-hybridized carbons (Fsp3) is 0.571. The molecule has 1 rings (SSSR count). The van der Waals surface area contributed by atoms with Crippen LogP contribution in [-0.2, 0) is 14.8 Å². The minimum atomic E-state index is -3.52. The van der Waals surface area contributed by atoms with Gasteiger partial charge in [-0.2, -0.15) is 0 Å². The third-order valence-electron chi connectivity index (χ3n) is 2.77. The highest BCUT2D eigenvalue weighted by molar-refractivity contribution is 7.89. The zero-order valence-corrected chi connectivity index (χ0v) is 13.7. The van der Waals surface area contributed by atoms with Gasteiger partial charge in [-0.05, 0) is 33.2 Å². The van der Waals surface area contributed by atoms with Crippen molar-refractivity contribution in [1.82, 2.24) is 9.62 Å². The first-order valence-electron chi connectivity index (χ1n) is 7.02. The van der Waals surface area contributed by atoms with E-state index in [1.165, 1.54) is 0 Å². The second-order valence-corrected chi connectivity index (χ2v) is 6.58. The van der Waals surface area contributed by atoms with Gasteiger partial charge < -0.3 is 15.0 Å². The SMILES string of the molecule is CCNc1ccccc1S(=O)(=O)NCCOCCN(C)C. The van der Waals surface area contributed by atoms with Crippen molar-refractivity contribution in [2.75, 3.05) is 52.3 Å². The Morgan fingerprint density at radius 2 is 1.90 bits per heavy atom. The molecule has 0 saturated heterocycles. The summed E-state index contributed by atoms with van der Waals surface area (Å²) in [6.07, 6.45) is 0. The molecule has 0 atom stereocenters. The zero-order valence-electron chi connectivity index (χ0n) is 12.9. The molecule has 120 valence electrons. The van der Waals surface area contributed by atoms with Crippen molar-refractivity contribution < 1.29 is 13.2 Å². The number of ether oxygens (including phenoxy) is 1. The van der Waals surface area contributed by atoms with Gasteiger partial charge in [0.1, 0.15) is 4.90 Å². The number of likely N-dealkylation sites (N-methyl/N-ethyl adjacent to an activating group) is 1. The first-order valence-corrected chi connectivity index (χ1v) is 8.50. The quantitative estimate of drug-likeness (QED) is 0.630. The van der Waals surface area contributed by atoms with E-state index in [0.29, 0.717) is 25.4 Å². The molecule has 1 aromatic rings. The van der Waals surface area contributed by atoms with Gasteiger partial charge in [-0.1, -0.05) is 12.1 Å². The van der Waals surface area contributed by atoms with Gasteiger partial charge in [-0.3, -0.25) is 0 Å². The highest BCUT2D eigenvalue weighted by atomic mass is 32.2. The number of hydrogen-bond acceptors (Lipinski definition) is 5. The minimum Gasteiger partial charge on any atom is -0.384 e. The number of anilines is 1. The van der Waals surface area contributed by atoms with Gasteiger partial charge in [-0.15, -0.1) is 0 Å². The second kappa shape index (κ2) is 8.99. The van der Waals surface area contributed by atoms with Crippen LogP contribution in [0.2, 0.25) is 0 Å². The molecule has 0 spiro atoms. The Bertz CT molecular complexity index is 518. The smallest absolute Gasteiger partial charge is 0.242 e. The van der Waals surface area contributed by atoms with Crippen LogP contribution < -0.4 is 10.0 Å². The zero-order chi connectivity index (χ0) is 15.7. The number of benzene rings is 1. The maximum atomic E-state index is 12.3. The van der Waals surface area contributed by atoms with Crippen LogP contribution in [0, 0.1) is 0 Å². The number of sulfonamides is 1. The van der Waals surface area contributed by atoms with E-state index in [-0.39, 0.29) is 11.4 Å². The molecule has 0 radical (unpaired) electrons. The first-order chi connectivity index (χ1) is 9.97. The topological polar surface area (TPSA) is 70.7 Å². The van der Waals surface area contributed by atoms with E-state index in [1.807, 2.05) is 25.9 Å². The van der Waals surface area contributed by atoms with E-state index in [2.05, 4.69) is 10.0 Å². The Labute approximate surface area is 127 Å². The average Bonchev–Trinajstić information content (AvgIpc) is 2.43. The van der Waals surface area contributed by atoms with Crippen LogP contribution in [0.3, 0.4) is 0 Å². The van der Waals surface area contributed by atoms with Crippen molar-refractivity contribution in [3.8, 4) is 0 Å². The van der Waals surface area contributed by atoms with Gasteiger partial charge in [0.05, 0.1) is 18.9 Å². The van der Waals surface area contributed by atoms with Crippen molar-refractivity contribution in [3.63, 3.8) is 0 Å². The lowest BCUT2D eigenvalue weighted by Crippen LogP contribution is -2.29. The number of hydrogen-bond donors (Lipinski definition) is 2. The van der Waals surface area contributed by atoms with E-state index < -0.39 is 10.0 Å². The number of nitrogens with one attached hydrogen (secondary N) is 2. The van der Waals surface area contributed by atoms with Crippen molar-refractivity contribution in [3.05, 3.63) is 24.3 Å². The predicted molar refractivity (Wildman–Crippen MR) is 85.2 cm³/mol. The average molecular weight is 315 g/mol. The predicted octanol–water partition coefficient (Wildman–Crippen LogP) is 0.975. The van der Waals surface area contributed by atoms with Gasteiger partial charge in [0.2, 0.25) is 10.0 Å². The van der Waals surface area contributed by atoms with Gasteiger partial charge >= 0.3 is 0 Å². The van der Waals surface area contributed by atoms with Crippen LogP contribution in [-0.4, -0.2) is 60.3 Å². The van der Waals surface area contributed by atoms with Gasteiger partial charge in [-0.25, -0.2) is 13.1 Å². The highest BCUT2D eigenvalue weighted by Crippen LogP contribution is 2.20. The molecule has 6 nitrogen and oxygen atoms in total. The van der Waals surface area contributed by atoms with Crippen LogP contribution in [0.5, 0.6) is 0 Å². The molecular formula is C14H25N3O3S. The molecule has 0 amide bonds. The molecule has 0 heterocycles. The van der Waals surface area contributed by atoms with Crippen LogP contribution in [0.25, 0.3) is 0 Å². The molecule has 0 aromatic heterocycles. The summed E-state index contributed by atoms with van der Waals surface area (Å²) in [4.78, 5) is 2.27. The number of para-hydroxylation sites is 1. The third kappa shape index (κ3) is 6.43. The Kier molecular flexibility index (Phi) is 7.66. The van der Waals surface area contributed by atoms with Crippen molar-refractivity contribution in [1.29, 1.82) is 0 Å². The molecule has 0 unspecified atom stereocenters. The minimum absolute atomic E-state index is 0.260.